The minimum absolute atomic E-state index is 0.0216. The van der Waals surface area contributed by atoms with Crippen molar-refractivity contribution in [2.75, 3.05) is 6.61 Å². The van der Waals surface area contributed by atoms with Crippen LogP contribution >= 0.6 is 0 Å². The first-order valence-electron chi connectivity index (χ1n) is 12.1. The molecule has 0 bridgehead atoms. The van der Waals surface area contributed by atoms with Crippen molar-refractivity contribution >= 4 is 23.4 Å². The van der Waals surface area contributed by atoms with E-state index < -0.39 is 17.3 Å². The Bertz CT molecular complexity index is 1250. The van der Waals surface area contributed by atoms with Gasteiger partial charge >= 0.3 is 5.97 Å². The van der Waals surface area contributed by atoms with E-state index in [9.17, 15) is 19.6 Å². The molecule has 2 aliphatic carbocycles. The number of nitrogens with two attached hydrogens (primary N) is 1. The second-order valence-electron chi connectivity index (χ2n) is 9.20. The number of hydrogen-bond acceptors (Lipinski definition) is 7. The number of nitrogens with zero attached hydrogens (tertiary/aromatic N) is 2. The van der Waals surface area contributed by atoms with Gasteiger partial charge in [-0.3, -0.25) is 9.59 Å². The minimum atomic E-state index is -1.98. The number of rotatable bonds is 4. The molecule has 8 nitrogen and oxygen atoms in total. The van der Waals surface area contributed by atoms with Gasteiger partial charge in [-0.2, -0.15) is 5.26 Å². The summed E-state index contributed by atoms with van der Waals surface area (Å²) in [5.41, 5.74) is 5.04. The summed E-state index contributed by atoms with van der Waals surface area (Å²) in [6.45, 7) is 1.74. The fourth-order valence-corrected chi connectivity index (χ4v) is 5.96. The molecular formula is C27H27N3O5. The van der Waals surface area contributed by atoms with Crippen LogP contribution < -0.4 is 5.73 Å². The summed E-state index contributed by atoms with van der Waals surface area (Å²) in [6.07, 6.45) is 4.83. The Labute approximate surface area is 203 Å². The average molecular weight is 474 g/mol. The smallest absolute Gasteiger partial charge is 0.337 e. The third-order valence-corrected chi connectivity index (χ3v) is 7.34. The van der Waals surface area contributed by atoms with Gasteiger partial charge in [0.2, 0.25) is 11.8 Å². The normalized spacial score (nSPS) is 24.7. The summed E-state index contributed by atoms with van der Waals surface area (Å²) in [6, 6.07) is 11.0. The largest absolute Gasteiger partial charge is 0.463 e. The summed E-state index contributed by atoms with van der Waals surface area (Å²) in [7, 11) is 0. The van der Waals surface area contributed by atoms with Crippen LogP contribution in [0.4, 0.5) is 0 Å². The molecule has 180 valence electrons. The Hall–Kier alpha value is -3.86. The van der Waals surface area contributed by atoms with Crippen molar-refractivity contribution in [3.63, 3.8) is 0 Å². The van der Waals surface area contributed by atoms with Crippen LogP contribution in [-0.2, 0) is 23.9 Å². The van der Waals surface area contributed by atoms with Gasteiger partial charge in [-0.25, -0.2) is 4.79 Å². The monoisotopic (exact) mass is 473 g/mol. The molecule has 2 N–H and O–H groups in total. The molecule has 1 aromatic rings. The lowest BCUT2D eigenvalue weighted by atomic mass is 9.67. The molecule has 35 heavy (non-hydrogen) atoms. The molecule has 1 unspecified atom stereocenters. The van der Waals surface area contributed by atoms with E-state index in [-0.39, 0.29) is 59.6 Å². The van der Waals surface area contributed by atoms with Crippen molar-refractivity contribution in [1.82, 2.24) is 4.90 Å². The molecule has 1 fully saturated rings. The lowest BCUT2D eigenvalue weighted by Gasteiger charge is -2.37. The van der Waals surface area contributed by atoms with Crippen molar-refractivity contribution in [2.24, 2.45) is 11.1 Å². The first kappa shape index (κ1) is 22.9. The Morgan fingerprint density at radius 3 is 2.57 bits per heavy atom. The number of hydrogen-bond donors (Lipinski definition) is 1. The van der Waals surface area contributed by atoms with Crippen LogP contribution in [0.15, 0.2) is 58.7 Å². The molecule has 0 aromatic heterocycles. The zero-order valence-corrected chi connectivity index (χ0v) is 19.6. The topological polar surface area (TPSA) is 123 Å². The molecule has 1 amide bonds. The van der Waals surface area contributed by atoms with Gasteiger partial charge in [0.15, 0.2) is 11.2 Å². The van der Waals surface area contributed by atoms with Gasteiger partial charge in [-0.15, -0.1) is 0 Å². The van der Waals surface area contributed by atoms with Gasteiger partial charge < -0.3 is 20.1 Å². The van der Waals surface area contributed by atoms with E-state index in [2.05, 4.69) is 0 Å². The molecule has 1 atom stereocenters. The zero-order valence-electron chi connectivity index (χ0n) is 19.6. The van der Waals surface area contributed by atoms with Crippen molar-refractivity contribution < 1.29 is 23.9 Å². The summed E-state index contributed by atoms with van der Waals surface area (Å²) in [5.74, 6) is -1.58. The van der Waals surface area contributed by atoms with Gasteiger partial charge in [-0.1, -0.05) is 49.6 Å². The van der Waals surface area contributed by atoms with Crippen molar-refractivity contribution in [2.45, 2.75) is 57.9 Å². The van der Waals surface area contributed by atoms with Gasteiger partial charge in [0, 0.05) is 18.9 Å². The SMILES string of the molecule is CCOC(=O)C1=C(c2ccccc2)N(C2CCCCC2)C(=O)C12C(C#N)=C(N)OC1=C2C(=O)CC1. The highest BCUT2D eigenvalue weighted by atomic mass is 16.5. The molecule has 0 saturated heterocycles. The predicted molar refractivity (Wildman–Crippen MR) is 125 cm³/mol. The Kier molecular flexibility index (Phi) is 5.72. The van der Waals surface area contributed by atoms with Crippen molar-refractivity contribution in [1.29, 1.82) is 5.26 Å². The first-order valence-corrected chi connectivity index (χ1v) is 12.1. The number of fused-ring (bicyclic) bond motifs is 1. The fraction of sp³-hybridized carbons (Fsp3) is 0.407. The zero-order chi connectivity index (χ0) is 24.7. The summed E-state index contributed by atoms with van der Waals surface area (Å²) < 4.78 is 11.2. The van der Waals surface area contributed by atoms with Gasteiger partial charge in [0.05, 0.1) is 23.5 Å². The van der Waals surface area contributed by atoms with E-state index in [1.165, 1.54) is 0 Å². The van der Waals surface area contributed by atoms with Crippen LogP contribution in [0.25, 0.3) is 5.70 Å². The number of amides is 1. The van der Waals surface area contributed by atoms with Crippen molar-refractivity contribution in [3.8, 4) is 6.07 Å². The number of nitriles is 1. The maximum atomic E-state index is 14.7. The van der Waals surface area contributed by atoms with Crippen LogP contribution in [0.5, 0.6) is 0 Å². The number of ether oxygens (including phenoxy) is 2. The number of allylic oxidation sites excluding steroid dienone is 1. The van der Waals surface area contributed by atoms with Gasteiger partial charge in [-0.05, 0) is 25.3 Å². The van der Waals surface area contributed by atoms with Crippen molar-refractivity contribution in [3.05, 3.63) is 64.3 Å². The predicted octanol–water partition coefficient (Wildman–Crippen LogP) is 3.46. The van der Waals surface area contributed by atoms with Crippen LogP contribution in [0.1, 0.15) is 57.4 Å². The fourth-order valence-electron chi connectivity index (χ4n) is 5.96. The number of Topliss-reactive ketones (excluding diaryl/α,β-unsaturated/α-hetero) is 1. The molecule has 8 heteroatoms. The van der Waals surface area contributed by atoms with Gasteiger partial charge in [0.1, 0.15) is 17.4 Å². The molecular weight excluding hydrogens is 446 g/mol. The molecule has 1 aromatic carbocycles. The van der Waals surface area contributed by atoms with E-state index in [0.717, 1.165) is 32.1 Å². The second-order valence-corrected chi connectivity index (χ2v) is 9.20. The van der Waals surface area contributed by atoms with E-state index in [1.54, 1.807) is 11.8 Å². The number of carbonyl (C=O) groups excluding carboxylic acids is 3. The molecule has 2 aliphatic heterocycles. The maximum absolute atomic E-state index is 14.7. The minimum Gasteiger partial charge on any atom is -0.463 e. The van der Waals surface area contributed by atoms with E-state index in [1.807, 2.05) is 36.4 Å². The van der Waals surface area contributed by atoms with E-state index >= 15 is 0 Å². The lowest BCUT2D eigenvalue weighted by molar-refractivity contribution is -0.142. The quantitative estimate of drug-likeness (QED) is 0.664. The summed E-state index contributed by atoms with van der Waals surface area (Å²) in [4.78, 5) is 43.3. The molecule has 0 radical (unpaired) electrons. The Balaban J connectivity index is 1.90. The molecule has 2 heterocycles. The highest BCUT2D eigenvalue weighted by molar-refractivity contribution is 6.22. The standard InChI is InChI=1S/C27H27N3O5/c1-2-34-25(32)22-23(16-9-5-3-6-10-16)30(17-11-7-4-8-12-17)26(33)27(22)18(15-28)24(29)35-20-14-13-19(31)21(20)27/h3,5-6,9-10,17H,2,4,7-8,11-14,29H2,1H3. The lowest BCUT2D eigenvalue weighted by Crippen LogP contribution is -2.48. The summed E-state index contributed by atoms with van der Waals surface area (Å²) >= 11 is 0. The van der Waals surface area contributed by atoms with Crippen LogP contribution in [-0.4, -0.2) is 35.2 Å². The van der Waals surface area contributed by atoms with Crippen LogP contribution in [0, 0.1) is 16.7 Å². The third kappa shape index (κ3) is 3.22. The van der Waals surface area contributed by atoms with E-state index in [4.69, 9.17) is 15.2 Å². The average Bonchev–Trinajstić information content (AvgIpc) is 3.36. The van der Waals surface area contributed by atoms with Crippen LogP contribution in [0.2, 0.25) is 0 Å². The second kappa shape index (κ2) is 8.73. The highest BCUT2D eigenvalue weighted by Gasteiger charge is 2.66. The van der Waals surface area contributed by atoms with Gasteiger partial charge in [0.25, 0.3) is 0 Å². The maximum Gasteiger partial charge on any atom is 0.337 e. The summed E-state index contributed by atoms with van der Waals surface area (Å²) in [5, 5.41) is 10.2. The molecule has 5 rings (SSSR count). The number of ketones is 1. The number of carbonyl (C=O) groups is 3. The molecule has 1 spiro atoms. The first-order chi connectivity index (χ1) is 17.0. The number of esters is 1. The molecule has 4 aliphatic rings. The Morgan fingerprint density at radius 2 is 1.91 bits per heavy atom. The molecule has 1 saturated carbocycles. The number of benzene rings is 1. The third-order valence-electron chi connectivity index (χ3n) is 7.34. The van der Waals surface area contributed by atoms with Crippen LogP contribution in [0.3, 0.4) is 0 Å². The Morgan fingerprint density at radius 1 is 1.20 bits per heavy atom. The van der Waals surface area contributed by atoms with E-state index in [0.29, 0.717) is 11.3 Å². The highest BCUT2D eigenvalue weighted by Crippen LogP contribution is 2.59.